The molecule has 2 aromatic rings. The van der Waals surface area contributed by atoms with E-state index in [1.165, 1.54) is 11.6 Å². The smallest absolute Gasteiger partial charge is 0.243 e. The molecule has 0 aliphatic carbocycles. The Morgan fingerprint density at radius 1 is 1.09 bits per heavy atom. The normalized spacial score (nSPS) is 20.5. The Morgan fingerprint density at radius 3 is 2.48 bits per heavy atom. The maximum Gasteiger partial charge on any atom is 0.243 e. The van der Waals surface area contributed by atoms with Crippen LogP contribution in [0.1, 0.15) is 29.2 Å². The molecule has 3 rings (SSSR count). The van der Waals surface area contributed by atoms with Gasteiger partial charge in [-0.1, -0.05) is 35.9 Å². The van der Waals surface area contributed by atoms with Crippen molar-refractivity contribution in [1.82, 2.24) is 10.9 Å². The third kappa shape index (κ3) is 3.57. The van der Waals surface area contributed by atoms with Crippen LogP contribution in [0.4, 0.5) is 10.1 Å². The molecule has 3 N–H and O–H groups in total. The number of halogens is 1. The monoisotopic (exact) mass is 313 g/mol. The van der Waals surface area contributed by atoms with E-state index in [4.69, 9.17) is 0 Å². The molecule has 2 atom stereocenters. The molecule has 0 radical (unpaired) electrons. The van der Waals surface area contributed by atoms with Crippen LogP contribution in [0.3, 0.4) is 0 Å². The van der Waals surface area contributed by atoms with Crippen molar-refractivity contribution in [2.45, 2.75) is 32.4 Å². The molecule has 0 saturated carbocycles. The number of carbonyl (C=O) groups is 1. The van der Waals surface area contributed by atoms with Crippen molar-refractivity contribution in [1.29, 1.82) is 0 Å². The summed E-state index contributed by atoms with van der Waals surface area (Å²) < 4.78 is 13.8. The molecular formula is C18H20FN3O. The van der Waals surface area contributed by atoms with Crippen molar-refractivity contribution in [3.63, 3.8) is 0 Å². The van der Waals surface area contributed by atoms with Gasteiger partial charge in [-0.05, 0) is 43.5 Å². The predicted octanol–water partition coefficient (Wildman–Crippen LogP) is 2.99. The highest BCUT2D eigenvalue weighted by atomic mass is 19.1. The number of hydrazine groups is 1. The minimum atomic E-state index is -0.417. The minimum Gasteiger partial charge on any atom is -0.322 e. The Balaban J connectivity index is 1.64. The van der Waals surface area contributed by atoms with E-state index in [1.807, 2.05) is 26.0 Å². The van der Waals surface area contributed by atoms with Crippen LogP contribution in [0.2, 0.25) is 0 Å². The Kier molecular flexibility index (Phi) is 4.41. The molecule has 4 nitrogen and oxygen atoms in total. The van der Waals surface area contributed by atoms with E-state index in [1.54, 1.807) is 12.1 Å². The van der Waals surface area contributed by atoms with E-state index in [0.717, 1.165) is 11.1 Å². The molecule has 1 aliphatic heterocycles. The second-order valence-electron chi connectivity index (χ2n) is 6.01. The summed E-state index contributed by atoms with van der Waals surface area (Å²) in [4.78, 5) is 12.3. The van der Waals surface area contributed by atoms with Gasteiger partial charge in [-0.2, -0.15) is 0 Å². The molecule has 2 unspecified atom stereocenters. The van der Waals surface area contributed by atoms with Gasteiger partial charge in [0.15, 0.2) is 0 Å². The van der Waals surface area contributed by atoms with Gasteiger partial charge in [0.05, 0.1) is 5.69 Å². The first-order valence-electron chi connectivity index (χ1n) is 7.67. The first-order chi connectivity index (χ1) is 11.0. The highest BCUT2D eigenvalue weighted by molar-refractivity contribution is 5.95. The third-order valence-electron chi connectivity index (χ3n) is 4.08. The van der Waals surface area contributed by atoms with E-state index in [-0.39, 0.29) is 17.6 Å². The SMILES string of the molecule is Cc1ccc(C2CC(C(=O)Nc3ccc(C)cc3F)NN2)cc1. The number of carbonyl (C=O) groups excluding carboxylic acids is 1. The molecule has 2 aromatic carbocycles. The number of hydrogen-bond acceptors (Lipinski definition) is 3. The van der Waals surface area contributed by atoms with Crippen molar-refractivity contribution < 1.29 is 9.18 Å². The topological polar surface area (TPSA) is 53.2 Å². The van der Waals surface area contributed by atoms with Gasteiger partial charge in [-0.25, -0.2) is 15.2 Å². The molecule has 120 valence electrons. The fourth-order valence-corrected chi connectivity index (χ4v) is 2.69. The average molecular weight is 313 g/mol. The number of rotatable bonds is 3. The summed E-state index contributed by atoms with van der Waals surface area (Å²) in [7, 11) is 0. The maximum absolute atomic E-state index is 13.8. The summed E-state index contributed by atoms with van der Waals surface area (Å²) in [5.41, 5.74) is 9.47. The van der Waals surface area contributed by atoms with Crippen LogP contribution < -0.4 is 16.2 Å². The zero-order valence-corrected chi connectivity index (χ0v) is 13.2. The standard InChI is InChI=1S/C18H20FN3O/c1-11-3-6-13(7-4-11)16-10-17(22-21-16)18(23)20-15-8-5-12(2)9-14(15)19/h3-9,16-17,21-22H,10H2,1-2H3,(H,20,23). The molecular weight excluding hydrogens is 293 g/mol. The second kappa shape index (κ2) is 6.48. The molecule has 0 aromatic heterocycles. The van der Waals surface area contributed by atoms with Crippen LogP contribution in [-0.4, -0.2) is 11.9 Å². The molecule has 1 saturated heterocycles. The molecule has 1 aliphatic rings. The first kappa shape index (κ1) is 15.6. The lowest BCUT2D eigenvalue weighted by molar-refractivity contribution is -0.117. The summed E-state index contributed by atoms with van der Waals surface area (Å²) >= 11 is 0. The number of hydrogen-bond donors (Lipinski definition) is 3. The van der Waals surface area contributed by atoms with Crippen LogP contribution in [0.5, 0.6) is 0 Å². The van der Waals surface area contributed by atoms with Crippen LogP contribution >= 0.6 is 0 Å². The summed E-state index contributed by atoms with van der Waals surface area (Å²) in [6, 6.07) is 12.6. The lowest BCUT2D eigenvalue weighted by Gasteiger charge is -2.12. The number of nitrogens with one attached hydrogen (secondary N) is 3. The second-order valence-corrected chi connectivity index (χ2v) is 6.01. The van der Waals surface area contributed by atoms with Crippen molar-refractivity contribution in [2.24, 2.45) is 0 Å². The Hall–Kier alpha value is -2.24. The molecule has 1 amide bonds. The fraction of sp³-hybridized carbons (Fsp3) is 0.278. The van der Waals surface area contributed by atoms with Crippen molar-refractivity contribution >= 4 is 11.6 Å². The predicted molar refractivity (Wildman–Crippen MR) is 88.4 cm³/mol. The number of anilines is 1. The number of amides is 1. The van der Waals surface area contributed by atoms with Crippen molar-refractivity contribution in [3.8, 4) is 0 Å². The molecule has 0 bridgehead atoms. The van der Waals surface area contributed by atoms with Crippen molar-refractivity contribution in [3.05, 3.63) is 65.0 Å². The summed E-state index contributed by atoms with van der Waals surface area (Å²) in [6.07, 6.45) is 0.613. The van der Waals surface area contributed by atoms with E-state index in [0.29, 0.717) is 6.42 Å². The van der Waals surface area contributed by atoms with E-state index >= 15 is 0 Å². The van der Waals surface area contributed by atoms with E-state index in [2.05, 4.69) is 28.3 Å². The van der Waals surface area contributed by atoms with Crippen LogP contribution in [0.15, 0.2) is 42.5 Å². The fourth-order valence-electron chi connectivity index (χ4n) is 2.69. The molecule has 0 spiro atoms. The number of aryl methyl sites for hydroxylation is 2. The first-order valence-corrected chi connectivity index (χ1v) is 7.67. The largest absolute Gasteiger partial charge is 0.322 e. The zero-order valence-electron chi connectivity index (χ0n) is 13.2. The van der Waals surface area contributed by atoms with Gasteiger partial charge in [0.1, 0.15) is 11.9 Å². The van der Waals surface area contributed by atoms with E-state index < -0.39 is 11.9 Å². The Morgan fingerprint density at radius 2 is 1.78 bits per heavy atom. The maximum atomic E-state index is 13.8. The Labute approximate surface area is 135 Å². The summed E-state index contributed by atoms with van der Waals surface area (Å²) in [5, 5.41) is 2.64. The summed E-state index contributed by atoms with van der Waals surface area (Å²) in [6.45, 7) is 3.85. The molecule has 5 heteroatoms. The lowest BCUT2D eigenvalue weighted by atomic mass is 10.0. The van der Waals surface area contributed by atoms with Gasteiger partial charge in [0, 0.05) is 6.04 Å². The minimum absolute atomic E-state index is 0.0641. The van der Waals surface area contributed by atoms with Crippen LogP contribution in [-0.2, 0) is 4.79 Å². The Bertz CT molecular complexity index is 715. The third-order valence-corrected chi connectivity index (χ3v) is 4.08. The highest BCUT2D eigenvalue weighted by Gasteiger charge is 2.30. The molecule has 1 heterocycles. The number of benzene rings is 2. The lowest BCUT2D eigenvalue weighted by Crippen LogP contribution is -2.39. The highest BCUT2D eigenvalue weighted by Crippen LogP contribution is 2.23. The van der Waals surface area contributed by atoms with Gasteiger partial charge in [0.25, 0.3) is 0 Å². The van der Waals surface area contributed by atoms with Gasteiger partial charge < -0.3 is 5.32 Å². The average Bonchev–Trinajstić information content (AvgIpc) is 3.01. The van der Waals surface area contributed by atoms with E-state index in [9.17, 15) is 9.18 Å². The van der Waals surface area contributed by atoms with Gasteiger partial charge >= 0.3 is 0 Å². The molecule has 23 heavy (non-hydrogen) atoms. The van der Waals surface area contributed by atoms with Gasteiger partial charge in [-0.15, -0.1) is 0 Å². The van der Waals surface area contributed by atoms with Crippen LogP contribution in [0, 0.1) is 19.7 Å². The van der Waals surface area contributed by atoms with Gasteiger partial charge in [0.2, 0.25) is 5.91 Å². The zero-order chi connectivity index (χ0) is 16.4. The van der Waals surface area contributed by atoms with Gasteiger partial charge in [-0.3, -0.25) is 4.79 Å². The quantitative estimate of drug-likeness (QED) is 0.816. The van der Waals surface area contributed by atoms with Crippen molar-refractivity contribution in [2.75, 3.05) is 5.32 Å². The molecule has 1 fully saturated rings. The van der Waals surface area contributed by atoms with Crippen LogP contribution in [0.25, 0.3) is 0 Å². The summed E-state index contributed by atoms with van der Waals surface area (Å²) in [5.74, 6) is -0.658.